The predicted octanol–water partition coefficient (Wildman–Crippen LogP) is 2.36. The molecule has 0 aliphatic carbocycles. The third-order valence-corrected chi connectivity index (χ3v) is 4.46. The maximum atomic E-state index is 12.1. The standard InChI is InChI=1S/C11H14BrNO2S/c12-10-4-3-9(16-10)11(15)13-5-1-2-8(6-13)7-14/h3-4,8,14H,1-2,5-7H2. The van der Waals surface area contributed by atoms with Gasteiger partial charge in [-0.15, -0.1) is 11.3 Å². The van der Waals surface area contributed by atoms with Crippen LogP contribution in [0.3, 0.4) is 0 Å². The molecule has 1 aromatic heterocycles. The number of nitrogens with zero attached hydrogens (tertiary/aromatic N) is 1. The molecule has 2 rings (SSSR count). The van der Waals surface area contributed by atoms with Gasteiger partial charge in [0, 0.05) is 19.7 Å². The topological polar surface area (TPSA) is 40.5 Å². The molecule has 1 aromatic rings. The minimum Gasteiger partial charge on any atom is -0.396 e. The molecule has 88 valence electrons. The Hall–Kier alpha value is -0.390. The number of thiophene rings is 1. The van der Waals surface area contributed by atoms with E-state index in [0.29, 0.717) is 6.54 Å². The van der Waals surface area contributed by atoms with E-state index in [4.69, 9.17) is 5.11 Å². The van der Waals surface area contributed by atoms with Crippen LogP contribution >= 0.6 is 27.3 Å². The van der Waals surface area contributed by atoms with E-state index in [9.17, 15) is 4.79 Å². The van der Waals surface area contributed by atoms with E-state index in [1.807, 2.05) is 17.0 Å². The largest absolute Gasteiger partial charge is 0.396 e. The van der Waals surface area contributed by atoms with Gasteiger partial charge in [0.15, 0.2) is 0 Å². The van der Waals surface area contributed by atoms with Crippen LogP contribution < -0.4 is 0 Å². The number of piperidine rings is 1. The lowest BCUT2D eigenvalue weighted by Crippen LogP contribution is -2.40. The summed E-state index contributed by atoms with van der Waals surface area (Å²) in [6.07, 6.45) is 2.01. The van der Waals surface area contributed by atoms with Crippen molar-refractivity contribution < 1.29 is 9.90 Å². The molecule has 1 aliphatic heterocycles. The van der Waals surface area contributed by atoms with E-state index in [0.717, 1.165) is 28.0 Å². The van der Waals surface area contributed by atoms with Crippen molar-refractivity contribution in [1.29, 1.82) is 0 Å². The lowest BCUT2D eigenvalue weighted by Gasteiger charge is -2.31. The van der Waals surface area contributed by atoms with Crippen LogP contribution in [0.2, 0.25) is 0 Å². The zero-order valence-electron chi connectivity index (χ0n) is 8.86. The van der Waals surface area contributed by atoms with Crippen molar-refractivity contribution in [3.05, 3.63) is 20.8 Å². The van der Waals surface area contributed by atoms with E-state index in [1.165, 1.54) is 11.3 Å². The molecule has 1 atom stereocenters. The van der Waals surface area contributed by atoms with Gasteiger partial charge in [-0.1, -0.05) is 0 Å². The molecule has 0 bridgehead atoms. The Morgan fingerprint density at radius 1 is 1.62 bits per heavy atom. The van der Waals surface area contributed by atoms with E-state index in [-0.39, 0.29) is 18.4 Å². The summed E-state index contributed by atoms with van der Waals surface area (Å²) in [7, 11) is 0. The summed E-state index contributed by atoms with van der Waals surface area (Å²) in [5.74, 6) is 0.343. The van der Waals surface area contributed by atoms with Gasteiger partial charge in [0.2, 0.25) is 0 Å². The quantitative estimate of drug-likeness (QED) is 0.911. The van der Waals surface area contributed by atoms with Gasteiger partial charge < -0.3 is 10.0 Å². The van der Waals surface area contributed by atoms with Crippen molar-refractivity contribution in [3.8, 4) is 0 Å². The van der Waals surface area contributed by atoms with E-state index in [2.05, 4.69) is 15.9 Å². The number of halogens is 1. The molecule has 1 amide bonds. The van der Waals surface area contributed by atoms with Gasteiger partial charge in [-0.3, -0.25) is 4.79 Å². The molecule has 0 spiro atoms. The number of hydrogen-bond donors (Lipinski definition) is 1. The molecule has 0 aromatic carbocycles. The molecule has 1 saturated heterocycles. The first-order chi connectivity index (χ1) is 7.70. The number of hydrogen-bond acceptors (Lipinski definition) is 3. The molecule has 0 saturated carbocycles. The predicted molar refractivity (Wildman–Crippen MR) is 67.7 cm³/mol. The summed E-state index contributed by atoms with van der Waals surface area (Å²) in [4.78, 5) is 14.7. The Morgan fingerprint density at radius 3 is 3.06 bits per heavy atom. The molecule has 1 N–H and O–H groups in total. The second kappa shape index (κ2) is 5.29. The maximum Gasteiger partial charge on any atom is 0.263 e. The maximum absolute atomic E-state index is 12.1. The highest BCUT2D eigenvalue weighted by molar-refractivity contribution is 9.11. The third-order valence-electron chi connectivity index (χ3n) is 2.85. The average Bonchev–Trinajstić information content (AvgIpc) is 2.75. The Balaban J connectivity index is 2.04. The number of likely N-dealkylation sites (tertiary alicyclic amines) is 1. The molecule has 1 unspecified atom stereocenters. The Morgan fingerprint density at radius 2 is 2.44 bits per heavy atom. The fraction of sp³-hybridized carbons (Fsp3) is 0.545. The Labute approximate surface area is 107 Å². The van der Waals surface area contributed by atoms with Gasteiger partial charge in [-0.2, -0.15) is 0 Å². The van der Waals surface area contributed by atoms with Crippen molar-refractivity contribution in [2.45, 2.75) is 12.8 Å². The summed E-state index contributed by atoms with van der Waals surface area (Å²) in [6, 6.07) is 3.74. The highest BCUT2D eigenvalue weighted by Gasteiger charge is 2.24. The number of amides is 1. The molecule has 3 nitrogen and oxygen atoms in total. The molecular weight excluding hydrogens is 290 g/mol. The lowest BCUT2D eigenvalue weighted by molar-refractivity contribution is 0.0625. The first-order valence-corrected chi connectivity index (χ1v) is 6.97. The van der Waals surface area contributed by atoms with Crippen LogP contribution in [0.1, 0.15) is 22.5 Å². The smallest absolute Gasteiger partial charge is 0.263 e. The molecule has 0 radical (unpaired) electrons. The molecule has 1 fully saturated rings. The van der Waals surface area contributed by atoms with Crippen molar-refractivity contribution in [2.24, 2.45) is 5.92 Å². The van der Waals surface area contributed by atoms with Gasteiger partial charge >= 0.3 is 0 Å². The van der Waals surface area contributed by atoms with Crippen LogP contribution in [0.15, 0.2) is 15.9 Å². The third kappa shape index (κ3) is 2.64. The van der Waals surface area contributed by atoms with Gasteiger partial charge in [0.25, 0.3) is 5.91 Å². The molecule has 2 heterocycles. The summed E-state index contributed by atoms with van der Waals surface area (Å²) in [6.45, 7) is 1.67. The SMILES string of the molecule is O=C(c1ccc(Br)s1)N1CCCC(CO)C1. The number of carbonyl (C=O) groups is 1. The fourth-order valence-corrected chi connectivity index (χ4v) is 3.34. The van der Waals surface area contributed by atoms with Crippen molar-refractivity contribution in [2.75, 3.05) is 19.7 Å². The zero-order chi connectivity index (χ0) is 11.5. The van der Waals surface area contributed by atoms with Gasteiger partial charge in [0.05, 0.1) is 8.66 Å². The minimum absolute atomic E-state index is 0.0915. The Bertz CT molecular complexity index is 380. The summed E-state index contributed by atoms with van der Waals surface area (Å²) < 4.78 is 0.978. The van der Waals surface area contributed by atoms with Crippen molar-refractivity contribution in [1.82, 2.24) is 4.90 Å². The molecule has 1 aliphatic rings. The van der Waals surface area contributed by atoms with E-state index in [1.54, 1.807) is 0 Å². The van der Waals surface area contributed by atoms with Crippen molar-refractivity contribution >= 4 is 33.2 Å². The number of aliphatic hydroxyl groups is 1. The van der Waals surface area contributed by atoms with Crippen molar-refractivity contribution in [3.63, 3.8) is 0 Å². The molecule has 5 heteroatoms. The van der Waals surface area contributed by atoms with Gasteiger partial charge in [-0.25, -0.2) is 0 Å². The van der Waals surface area contributed by atoms with Gasteiger partial charge in [0.1, 0.15) is 0 Å². The number of carbonyl (C=O) groups excluding carboxylic acids is 1. The lowest BCUT2D eigenvalue weighted by atomic mass is 9.99. The van der Waals surface area contributed by atoms with Crippen LogP contribution in [0.5, 0.6) is 0 Å². The van der Waals surface area contributed by atoms with Gasteiger partial charge in [-0.05, 0) is 46.8 Å². The second-order valence-electron chi connectivity index (χ2n) is 4.05. The number of aliphatic hydroxyl groups excluding tert-OH is 1. The fourth-order valence-electron chi connectivity index (χ4n) is 1.98. The zero-order valence-corrected chi connectivity index (χ0v) is 11.3. The van der Waals surface area contributed by atoms with Crippen LogP contribution in [0.25, 0.3) is 0 Å². The first-order valence-electron chi connectivity index (χ1n) is 5.36. The normalized spacial score (nSPS) is 21.1. The van der Waals surface area contributed by atoms with E-state index < -0.39 is 0 Å². The minimum atomic E-state index is 0.0915. The van der Waals surface area contributed by atoms with Crippen LogP contribution in [-0.2, 0) is 0 Å². The summed E-state index contributed by atoms with van der Waals surface area (Å²) in [5, 5.41) is 9.12. The average molecular weight is 304 g/mol. The monoisotopic (exact) mass is 303 g/mol. The van der Waals surface area contributed by atoms with Crippen LogP contribution in [-0.4, -0.2) is 35.6 Å². The second-order valence-corrected chi connectivity index (χ2v) is 6.51. The molecule has 16 heavy (non-hydrogen) atoms. The first kappa shape index (κ1) is 12.1. The molecular formula is C11H14BrNO2S. The highest BCUT2D eigenvalue weighted by Crippen LogP contribution is 2.25. The van der Waals surface area contributed by atoms with Crippen LogP contribution in [0, 0.1) is 5.92 Å². The Kier molecular flexibility index (Phi) is 4.00. The highest BCUT2D eigenvalue weighted by atomic mass is 79.9. The van der Waals surface area contributed by atoms with Crippen LogP contribution in [0.4, 0.5) is 0 Å². The number of rotatable bonds is 2. The van der Waals surface area contributed by atoms with E-state index >= 15 is 0 Å². The summed E-state index contributed by atoms with van der Waals surface area (Å²) >= 11 is 4.82. The summed E-state index contributed by atoms with van der Waals surface area (Å²) in [5.41, 5.74) is 0.